The number of fused-ring (bicyclic) bond motifs is 1. The van der Waals surface area contributed by atoms with Crippen molar-refractivity contribution >= 4 is 11.9 Å². The van der Waals surface area contributed by atoms with E-state index in [1.165, 1.54) is 25.7 Å². The Balaban J connectivity index is 1.61. The lowest BCUT2D eigenvalue weighted by Crippen LogP contribution is -2.44. The molecule has 1 N–H and O–H groups in total. The van der Waals surface area contributed by atoms with Crippen molar-refractivity contribution in [3.05, 3.63) is 0 Å². The molecule has 6 heteroatoms. The highest BCUT2D eigenvalue weighted by atomic mass is 16.5. The minimum absolute atomic E-state index is 0.0445. The number of likely N-dealkylation sites (N-methyl/N-ethyl adjacent to an activating group) is 1. The predicted octanol–water partition coefficient (Wildman–Crippen LogP) is 1.32. The molecule has 0 bridgehead atoms. The lowest BCUT2D eigenvalue weighted by molar-refractivity contribution is -0.127. The van der Waals surface area contributed by atoms with Crippen molar-refractivity contribution in [2.45, 2.75) is 44.6 Å². The summed E-state index contributed by atoms with van der Waals surface area (Å²) in [6.45, 7) is 4.04. The quantitative estimate of drug-likeness (QED) is 0.621. The molecular weight excluding hydrogens is 304 g/mol. The number of ether oxygens (including phenoxy) is 1. The van der Waals surface area contributed by atoms with E-state index in [4.69, 9.17) is 4.74 Å². The lowest BCUT2D eigenvalue weighted by atomic mass is 9.82. The second-order valence-electron chi connectivity index (χ2n) is 7.65. The van der Waals surface area contributed by atoms with Gasteiger partial charge in [-0.15, -0.1) is 0 Å². The van der Waals surface area contributed by atoms with Crippen LogP contribution in [0.3, 0.4) is 0 Å². The van der Waals surface area contributed by atoms with Crippen molar-refractivity contribution in [1.82, 2.24) is 15.1 Å². The van der Waals surface area contributed by atoms with Crippen LogP contribution in [0.1, 0.15) is 38.5 Å². The maximum atomic E-state index is 11.9. The van der Waals surface area contributed by atoms with Gasteiger partial charge in [-0.25, -0.2) is 4.99 Å². The maximum Gasteiger partial charge on any atom is 0.243 e. The molecule has 24 heavy (non-hydrogen) atoms. The van der Waals surface area contributed by atoms with E-state index in [-0.39, 0.29) is 18.6 Å². The largest absolute Gasteiger partial charge is 0.376 e. The average Bonchev–Trinajstić information content (AvgIpc) is 3.23. The molecule has 1 saturated carbocycles. The third kappa shape index (κ3) is 4.41. The lowest BCUT2D eigenvalue weighted by Gasteiger charge is -2.23. The molecule has 3 fully saturated rings. The number of carbonyl (C=O) groups is 1. The molecule has 0 aromatic heterocycles. The van der Waals surface area contributed by atoms with Crippen LogP contribution in [0.5, 0.6) is 0 Å². The van der Waals surface area contributed by atoms with Gasteiger partial charge in [0, 0.05) is 40.3 Å². The smallest absolute Gasteiger partial charge is 0.243 e. The Morgan fingerprint density at radius 2 is 1.88 bits per heavy atom. The van der Waals surface area contributed by atoms with Gasteiger partial charge >= 0.3 is 0 Å². The minimum Gasteiger partial charge on any atom is -0.376 e. The molecule has 3 rings (SSSR count). The Kier molecular flexibility index (Phi) is 5.98. The normalized spacial score (nSPS) is 30.3. The Morgan fingerprint density at radius 1 is 1.17 bits per heavy atom. The van der Waals surface area contributed by atoms with Gasteiger partial charge in [0.1, 0.15) is 6.54 Å². The molecule has 1 aliphatic carbocycles. The number of aliphatic imine (C=N–C) groups is 1. The highest BCUT2D eigenvalue weighted by Crippen LogP contribution is 2.35. The summed E-state index contributed by atoms with van der Waals surface area (Å²) in [5, 5.41) is 3.49. The van der Waals surface area contributed by atoms with Crippen LogP contribution in [0, 0.1) is 11.8 Å². The molecule has 0 radical (unpaired) electrons. The Bertz CT molecular complexity index is 446. The molecule has 3 atom stereocenters. The fourth-order valence-corrected chi connectivity index (χ4v) is 4.14. The summed E-state index contributed by atoms with van der Waals surface area (Å²) in [5.74, 6) is 2.55. The number of likely N-dealkylation sites (tertiary alicyclic amines) is 1. The summed E-state index contributed by atoms with van der Waals surface area (Å²) >= 11 is 0. The molecular formula is C18H32N4O2. The number of nitrogens with one attached hydrogen (secondary N) is 1. The average molecular weight is 336 g/mol. The zero-order valence-corrected chi connectivity index (χ0v) is 15.2. The van der Waals surface area contributed by atoms with E-state index >= 15 is 0 Å². The molecule has 2 aliphatic heterocycles. The summed E-state index contributed by atoms with van der Waals surface area (Å²) in [6.07, 6.45) is 7.96. The molecule has 3 unspecified atom stereocenters. The van der Waals surface area contributed by atoms with Crippen LogP contribution in [-0.4, -0.2) is 74.7 Å². The molecule has 0 spiro atoms. The number of carbonyl (C=O) groups excluding carboxylic acids is 1. The van der Waals surface area contributed by atoms with E-state index in [1.807, 2.05) is 0 Å². The first-order valence-corrected chi connectivity index (χ1v) is 9.48. The van der Waals surface area contributed by atoms with Gasteiger partial charge < -0.3 is 19.9 Å². The van der Waals surface area contributed by atoms with Crippen molar-refractivity contribution in [3.63, 3.8) is 0 Å². The number of guanidine groups is 1. The second-order valence-corrected chi connectivity index (χ2v) is 7.65. The Labute approximate surface area is 145 Å². The van der Waals surface area contributed by atoms with Gasteiger partial charge in [0.25, 0.3) is 0 Å². The van der Waals surface area contributed by atoms with Crippen molar-refractivity contribution in [2.24, 2.45) is 16.8 Å². The molecule has 2 heterocycles. The van der Waals surface area contributed by atoms with E-state index < -0.39 is 0 Å². The molecule has 6 nitrogen and oxygen atoms in total. The molecule has 1 amide bonds. The second kappa shape index (κ2) is 8.19. The maximum absolute atomic E-state index is 11.9. The van der Waals surface area contributed by atoms with Crippen LogP contribution in [0.15, 0.2) is 4.99 Å². The topological polar surface area (TPSA) is 57.2 Å². The van der Waals surface area contributed by atoms with E-state index in [0.29, 0.717) is 0 Å². The van der Waals surface area contributed by atoms with Crippen LogP contribution in [-0.2, 0) is 9.53 Å². The molecule has 0 aromatic rings. The zero-order chi connectivity index (χ0) is 16.9. The van der Waals surface area contributed by atoms with Gasteiger partial charge in [-0.3, -0.25) is 4.79 Å². The van der Waals surface area contributed by atoms with Crippen LogP contribution < -0.4 is 5.32 Å². The molecule has 2 saturated heterocycles. The highest BCUT2D eigenvalue weighted by molar-refractivity contribution is 5.85. The Morgan fingerprint density at radius 3 is 2.46 bits per heavy atom. The van der Waals surface area contributed by atoms with Crippen LogP contribution in [0.25, 0.3) is 0 Å². The van der Waals surface area contributed by atoms with Gasteiger partial charge in [0.15, 0.2) is 5.96 Å². The molecule has 136 valence electrons. The van der Waals surface area contributed by atoms with E-state index in [9.17, 15) is 4.79 Å². The third-order valence-corrected chi connectivity index (χ3v) is 5.65. The monoisotopic (exact) mass is 336 g/mol. The van der Waals surface area contributed by atoms with Crippen LogP contribution >= 0.6 is 0 Å². The van der Waals surface area contributed by atoms with Gasteiger partial charge in [0.2, 0.25) is 5.91 Å². The van der Waals surface area contributed by atoms with E-state index in [2.05, 4.69) is 15.2 Å². The fraction of sp³-hybridized carbons (Fsp3) is 0.889. The summed E-state index contributed by atoms with van der Waals surface area (Å²) in [5.41, 5.74) is 0. The Hall–Kier alpha value is -1.30. The number of hydrogen-bond acceptors (Lipinski definition) is 3. The fourth-order valence-electron chi connectivity index (χ4n) is 4.14. The van der Waals surface area contributed by atoms with Crippen molar-refractivity contribution in [3.8, 4) is 0 Å². The predicted molar refractivity (Wildman–Crippen MR) is 95.0 cm³/mol. The third-order valence-electron chi connectivity index (χ3n) is 5.65. The van der Waals surface area contributed by atoms with Crippen LogP contribution in [0.4, 0.5) is 0 Å². The number of rotatable bonds is 4. The van der Waals surface area contributed by atoms with Crippen molar-refractivity contribution in [1.29, 1.82) is 0 Å². The first-order chi connectivity index (χ1) is 11.6. The molecule has 3 aliphatic rings. The summed E-state index contributed by atoms with van der Waals surface area (Å²) in [4.78, 5) is 20.5. The van der Waals surface area contributed by atoms with Crippen LogP contribution in [0.2, 0.25) is 0 Å². The van der Waals surface area contributed by atoms with Gasteiger partial charge in [0.05, 0.1) is 6.10 Å². The number of hydrogen-bond donors (Lipinski definition) is 1. The summed E-state index contributed by atoms with van der Waals surface area (Å²) in [7, 11) is 3.56. The van der Waals surface area contributed by atoms with Gasteiger partial charge in [-0.1, -0.05) is 12.8 Å². The summed E-state index contributed by atoms with van der Waals surface area (Å²) < 4.78 is 5.71. The van der Waals surface area contributed by atoms with Gasteiger partial charge in [-0.05, 0) is 37.5 Å². The van der Waals surface area contributed by atoms with Crippen molar-refractivity contribution < 1.29 is 9.53 Å². The number of nitrogens with zero attached hydrogens (tertiary/aromatic N) is 3. The minimum atomic E-state index is 0.0445. The standard InChI is InChI=1S/C18H32N4O2/c1-21(2)17(23)11-20-18(19-10-16-8-5-9-24-16)22-12-14-6-3-4-7-15(14)13-22/h14-16H,3-13H2,1-2H3,(H,19,20). The summed E-state index contributed by atoms with van der Waals surface area (Å²) in [6, 6.07) is 0. The van der Waals surface area contributed by atoms with E-state index in [0.717, 1.165) is 56.9 Å². The van der Waals surface area contributed by atoms with Crippen molar-refractivity contribution in [2.75, 3.05) is 46.9 Å². The SMILES string of the molecule is CN(C)C(=O)CN=C(NCC1CCCO1)N1CC2CCCCC2C1. The zero-order valence-electron chi connectivity index (χ0n) is 15.2. The van der Waals surface area contributed by atoms with Gasteiger partial charge in [-0.2, -0.15) is 0 Å². The first kappa shape index (κ1) is 17.5. The molecule has 0 aromatic carbocycles. The van der Waals surface area contributed by atoms with E-state index in [1.54, 1.807) is 19.0 Å². The first-order valence-electron chi connectivity index (χ1n) is 9.48. The number of amides is 1. The highest BCUT2D eigenvalue weighted by Gasteiger charge is 2.35.